The number of esters is 1. The van der Waals surface area contributed by atoms with Gasteiger partial charge in [-0.2, -0.15) is 4.68 Å². The molecule has 0 aliphatic heterocycles. The highest BCUT2D eigenvalue weighted by molar-refractivity contribution is 5.89. The minimum Gasteiger partial charge on any atom is -0.462 e. The molecule has 2 N–H and O–H groups in total. The number of carbonyl (C=O) groups excluding carboxylic acids is 2. The lowest BCUT2D eigenvalue weighted by molar-refractivity contribution is -0.114. The minimum atomic E-state index is -0.433. The van der Waals surface area contributed by atoms with Crippen LogP contribution in [0.3, 0.4) is 0 Å². The van der Waals surface area contributed by atoms with Gasteiger partial charge in [-0.15, -0.1) is 5.10 Å². The lowest BCUT2D eigenvalue weighted by Crippen LogP contribution is -2.40. The predicted molar refractivity (Wildman–Crippen MR) is 124 cm³/mol. The molecule has 1 saturated carbocycles. The van der Waals surface area contributed by atoms with Gasteiger partial charge in [0.25, 0.3) is 0 Å². The van der Waals surface area contributed by atoms with Crippen LogP contribution in [0.1, 0.15) is 62.1 Å². The van der Waals surface area contributed by atoms with Gasteiger partial charge < -0.3 is 15.4 Å². The molecule has 0 bridgehead atoms. The molecule has 0 atom stereocenters. The summed E-state index contributed by atoms with van der Waals surface area (Å²) in [6.07, 6.45) is 5.07. The first-order valence-electron chi connectivity index (χ1n) is 11.2. The molecule has 2 aromatic carbocycles. The van der Waals surface area contributed by atoms with Gasteiger partial charge in [-0.1, -0.05) is 19.3 Å². The summed E-state index contributed by atoms with van der Waals surface area (Å²) in [5.74, 6) is 0.277. The van der Waals surface area contributed by atoms with Crippen molar-refractivity contribution < 1.29 is 14.3 Å². The van der Waals surface area contributed by atoms with Gasteiger partial charge in [-0.25, -0.2) is 4.79 Å². The number of hydrogen-bond acceptors (Lipinski definition) is 7. The van der Waals surface area contributed by atoms with Crippen molar-refractivity contribution in [3.63, 3.8) is 0 Å². The molecule has 0 spiro atoms. The fraction of sp³-hybridized carbons (Fsp3) is 0.375. The van der Waals surface area contributed by atoms with Crippen molar-refractivity contribution in [2.24, 2.45) is 0 Å². The summed E-state index contributed by atoms with van der Waals surface area (Å²) in [5.41, 5.74) is 2.50. The number of rotatable bonds is 7. The number of hydrogen-bond donors (Lipinski definition) is 2. The first-order chi connectivity index (χ1) is 16.0. The van der Waals surface area contributed by atoms with Crippen LogP contribution < -0.4 is 10.6 Å². The zero-order valence-electron chi connectivity index (χ0n) is 18.9. The van der Waals surface area contributed by atoms with E-state index in [1.165, 1.54) is 13.3 Å². The zero-order chi connectivity index (χ0) is 23.3. The molecule has 1 aliphatic rings. The van der Waals surface area contributed by atoms with Crippen LogP contribution in [0.4, 0.5) is 11.4 Å². The SMILES string of the molecule is CCOC(=O)c1ccc(-n2nnnc2C2(Nc3ccc(NC(C)=O)cc3)CCCCC2)cc1. The zero-order valence-corrected chi connectivity index (χ0v) is 18.9. The van der Waals surface area contributed by atoms with Gasteiger partial charge in [0.1, 0.15) is 0 Å². The molecular weight excluding hydrogens is 420 g/mol. The number of ether oxygens (including phenoxy) is 1. The highest BCUT2D eigenvalue weighted by atomic mass is 16.5. The number of carbonyl (C=O) groups is 2. The van der Waals surface area contributed by atoms with Crippen LogP contribution in [-0.4, -0.2) is 38.7 Å². The molecule has 4 rings (SSSR count). The number of benzene rings is 2. The molecule has 9 heteroatoms. The van der Waals surface area contributed by atoms with Gasteiger partial charge in [0, 0.05) is 18.3 Å². The monoisotopic (exact) mass is 448 g/mol. The van der Waals surface area contributed by atoms with Crippen molar-refractivity contribution in [1.82, 2.24) is 20.2 Å². The molecule has 1 amide bonds. The van der Waals surface area contributed by atoms with E-state index in [4.69, 9.17) is 4.74 Å². The van der Waals surface area contributed by atoms with Gasteiger partial charge in [-0.3, -0.25) is 4.79 Å². The van der Waals surface area contributed by atoms with Crippen LogP contribution in [0.5, 0.6) is 0 Å². The molecule has 0 radical (unpaired) electrons. The normalized spacial score (nSPS) is 15.0. The Kier molecular flexibility index (Phi) is 6.67. The second kappa shape index (κ2) is 9.81. The third-order valence-electron chi connectivity index (χ3n) is 5.82. The summed E-state index contributed by atoms with van der Waals surface area (Å²) in [6.45, 7) is 3.60. The number of amides is 1. The quantitative estimate of drug-likeness (QED) is 0.524. The summed E-state index contributed by atoms with van der Waals surface area (Å²) in [4.78, 5) is 23.3. The first-order valence-corrected chi connectivity index (χ1v) is 11.2. The average molecular weight is 449 g/mol. The Hall–Kier alpha value is -3.75. The van der Waals surface area contributed by atoms with Crippen LogP contribution in [0.2, 0.25) is 0 Å². The van der Waals surface area contributed by atoms with Gasteiger partial charge in [-0.05, 0) is 78.7 Å². The van der Waals surface area contributed by atoms with Crippen molar-refractivity contribution in [1.29, 1.82) is 0 Å². The number of tetrazole rings is 1. The number of aromatic nitrogens is 4. The minimum absolute atomic E-state index is 0.104. The van der Waals surface area contributed by atoms with E-state index in [1.807, 2.05) is 36.4 Å². The van der Waals surface area contributed by atoms with E-state index in [2.05, 4.69) is 26.2 Å². The maximum atomic E-state index is 12.0. The molecule has 9 nitrogen and oxygen atoms in total. The highest BCUT2D eigenvalue weighted by Gasteiger charge is 2.39. The van der Waals surface area contributed by atoms with Crippen LogP contribution in [-0.2, 0) is 15.1 Å². The van der Waals surface area contributed by atoms with Gasteiger partial charge >= 0.3 is 5.97 Å². The maximum Gasteiger partial charge on any atom is 0.338 e. The number of nitrogens with zero attached hydrogens (tertiary/aromatic N) is 4. The van der Waals surface area contributed by atoms with E-state index < -0.39 is 5.54 Å². The molecule has 3 aromatic rings. The fourth-order valence-electron chi connectivity index (χ4n) is 4.29. The fourth-order valence-corrected chi connectivity index (χ4v) is 4.29. The van der Waals surface area contributed by atoms with E-state index in [9.17, 15) is 9.59 Å². The van der Waals surface area contributed by atoms with Crippen molar-refractivity contribution in [2.75, 3.05) is 17.2 Å². The summed E-state index contributed by atoms with van der Waals surface area (Å²) >= 11 is 0. The topological polar surface area (TPSA) is 111 Å². The van der Waals surface area contributed by atoms with Crippen LogP contribution in [0.25, 0.3) is 5.69 Å². The Morgan fingerprint density at radius 2 is 1.67 bits per heavy atom. The molecular formula is C24H28N6O3. The molecule has 0 unspecified atom stereocenters. The van der Waals surface area contributed by atoms with Crippen molar-refractivity contribution in [3.05, 3.63) is 59.9 Å². The largest absolute Gasteiger partial charge is 0.462 e. The summed E-state index contributed by atoms with van der Waals surface area (Å²) in [7, 11) is 0. The summed E-state index contributed by atoms with van der Waals surface area (Å²) in [5, 5.41) is 19.1. The second-order valence-corrected chi connectivity index (χ2v) is 8.21. The smallest absolute Gasteiger partial charge is 0.338 e. The van der Waals surface area contributed by atoms with Crippen molar-refractivity contribution in [3.8, 4) is 5.69 Å². The third-order valence-corrected chi connectivity index (χ3v) is 5.82. The standard InChI is InChI=1S/C24H28N6O3/c1-3-33-22(32)18-7-13-21(14-8-18)30-23(27-28-29-30)24(15-5-4-6-16-24)26-20-11-9-19(10-12-20)25-17(2)31/h7-14,26H,3-6,15-16H2,1-2H3,(H,25,31). The number of anilines is 2. The molecule has 1 fully saturated rings. The van der Waals surface area contributed by atoms with Crippen LogP contribution in [0.15, 0.2) is 48.5 Å². The lowest BCUT2D eigenvalue weighted by Gasteiger charge is -2.37. The van der Waals surface area contributed by atoms with E-state index in [1.54, 1.807) is 23.7 Å². The van der Waals surface area contributed by atoms with Crippen molar-refractivity contribution in [2.45, 2.75) is 51.5 Å². The summed E-state index contributed by atoms with van der Waals surface area (Å²) < 4.78 is 6.81. The molecule has 1 aliphatic carbocycles. The molecule has 33 heavy (non-hydrogen) atoms. The Labute approximate surface area is 192 Å². The molecule has 1 heterocycles. The van der Waals surface area contributed by atoms with E-state index in [0.717, 1.165) is 48.6 Å². The van der Waals surface area contributed by atoms with Gasteiger partial charge in [0.05, 0.1) is 23.4 Å². The van der Waals surface area contributed by atoms with E-state index >= 15 is 0 Å². The van der Waals surface area contributed by atoms with E-state index in [0.29, 0.717) is 12.2 Å². The van der Waals surface area contributed by atoms with E-state index in [-0.39, 0.29) is 11.9 Å². The number of nitrogens with one attached hydrogen (secondary N) is 2. The Bertz CT molecular complexity index is 1100. The van der Waals surface area contributed by atoms with Gasteiger partial charge in [0.15, 0.2) is 5.82 Å². The lowest BCUT2D eigenvalue weighted by atomic mass is 9.80. The Morgan fingerprint density at radius 3 is 2.30 bits per heavy atom. The van der Waals surface area contributed by atoms with Gasteiger partial charge in [0.2, 0.25) is 5.91 Å². The van der Waals surface area contributed by atoms with Crippen LogP contribution in [0, 0.1) is 0 Å². The van der Waals surface area contributed by atoms with Crippen LogP contribution >= 0.6 is 0 Å². The molecule has 1 aromatic heterocycles. The van der Waals surface area contributed by atoms with Crippen molar-refractivity contribution >= 4 is 23.3 Å². The highest BCUT2D eigenvalue weighted by Crippen LogP contribution is 2.39. The molecule has 172 valence electrons. The maximum absolute atomic E-state index is 12.0. The second-order valence-electron chi connectivity index (χ2n) is 8.21. The summed E-state index contributed by atoms with van der Waals surface area (Å²) in [6, 6.07) is 14.7. The predicted octanol–water partition coefficient (Wildman–Crippen LogP) is 4.07. The Balaban J connectivity index is 1.63. The molecule has 0 saturated heterocycles. The Morgan fingerprint density at radius 1 is 1.00 bits per heavy atom. The third kappa shape index (κ3) is 5.02. The average Bonchev–Trinajstić information content (AvgIpc) is 3.32. The first kappa shape index (κ1) is 22.4.